The van der Waals surface area contributed by atoms with Crippen LogP contribution in [0.25, 0.3) is 0 Å². The highest BCUT2D eigenvalue weighted by atomic mass is 19.4. The summed E-state index contributed by atoms with van der Waals surface area (Å²) in [6.45, 7) is 21.2. The number of carboxylic acids is 1. The fourth-order valence-electron chi connectivity index (χ4n) is 12.9. The first-order chi connectivity index (χ1) is 52.6. The lowest BCUT2D eigenvalue weighted by Crippen LogP contribution is -2.61. The second-order valence-corrected chi connectivity index (χ2v) is 31.2. The number of hydrogen-bond donors (Lipinski definition) is 18. The topological polar surface area (TPSA) is 540 Å². The van der Waals surface area contributed by atoms with E-state index in [4.69, 9.17) is 37.6 Å². The first kappa shape index (κ1) is 97.5. The fraction of sp³-hybridized carbons (Fsp3) is 0.733. The van der Waals surface area contributed by atoms with Gasteiger partial charge in [-0.2, -0.15) is 13.2 Å². The third-order valence-electron chi connectivity index (χ3n) is 19.1. The predicted octanol–water partition coefficient (Wildman–Crippen LogP) is -1.10. The van der Waals surface area contributed by atoms with Crippen molar-refractivity contribution in [2.24, 2.45) is 58.4 Å². The third-order valence-corrected chi connectivity index (χ3v) is 19.1. The third kappa shape index (κ3) is 32.8. The number of aliphatic carboxylic acids is 1. The monoisotopic (exact) mass is 1590 g/mol. The molecule has 34 nitrogen and oxygen atoms in total. The number of carbonyl (C=O) groups is 14. The minimum atomic E-state index is -5.08. The summed E-state index contributed by atoms with van der Waals surface area (Å²) in [7, 11) is 0. The maximum atomic E-state index is 15.1. The maximum Gasteiger partial charge on any atom is 0.490 e. The van der Waals surface area contributed by atoms with Gasteiger partial charge in [-0.25, -0.2) is 4.79 Å². The highest BCUT2D eigenvalue weighted by molar-refractivity contribution is 6.00. The molecule has 15 atom stereocenters. The summed E-state index contributed by atoms with van der Waals surface area (Å²) in [5, 5.41) is 51.6. The van der Waals surface area contributed by atoms with Gasteiger partial charge in [-0.1, -0.05) is 113 Å². The molecular weight excluding hydrogens is 1470 g/mol. The largest absolute Gasteiger partial charge is 0.490 e. The average molecular weight is 1590 g/mol. The van der Waals surface area contributed by atoms with Gasteiger partial charge in [-0.15, -0.1) is 0 Å². The van der Waals surface area contributed by atoms with E-state index in [0.717, 1.165) is 0 Å². The molecular formula is C75H126F3N17O17. The number of nitrogens with zero attached hydrogens (tertiary/aromatic N) is 1. The number of aliphatic hydroxyl groups excluding tert-OH is 1. The first-order valence-electron chi connectivity index (χ1n) is 39.0. The molecule has 22 N–H and O–H groups in total. The molecule has 0 unspecified atom stereocenters. The fourth-order valence-corrected chi connectivity index (χ4v) is 12.9. The Hall–Kier alpha value is -8.65. The van der Waals surface area contributed by atoms with Crippen LogP contribution in [0.5, 0.6) is 0 Å². The molecule has 0 saturated carbocycles. The number of alkyl halides is 3. The number of halogens is 3. The number of ether oxygens (including phenoxy) is 1. The first-order valence-corrected chi connectivity index (χ1v) is 39.0. The van der Waals surface area contributed by atoms with E-state index in [1.54, 1.807) is 71.9 Å². The smallest absolute Gasteiger partial charge is 0.475 e. The molecule has 0 aromatic heterocycles. The van der Waals surface area contributed by atoms with Gasteiger partial charge in [0.1, 0.15) is 84.7 Å². The summed E-state index contributed by atoms with van der Waals surface area (Å²) < 4.78 is 37.7. The van der Waals surface area contributed by atoms with Crippen molar-refractivity contribution in [2.75, 3.05) is 39.3 Å². The molecule has 3 aliphatic rings. The lowest BCUT2D eigenvalue weighted by Gasteiger charge is -2.32. The lowest BCUT2D eigenvalue weighted by molar-refractivity contribution is -0.192. The van der Waals surface area contributed by atoms with Crippen LogP contribution in [0.2, 0.25) is 0 Å². The molecule has 0 radical (unpaired) electrons. The normalized spacial score (nSPS) is 27.0. The van der Waals surface area contributed by atoms with E-state index in [0.29, 0.717) is 12.0 Å². The standard InChI is InChI=1S/C73H125N17O15.C2HF3O2/c1-39(2)33-50-65(96)79-48(25-18-30-76)63(94)87-58(42(7)8)70(101)78-38-57-55(91)37-56(105-57)69(100)85-52(35-41(5)6)66(97)80-49(26-19-31-77)64(95)88-59(43(9)10)71(102)81-46(23-16-28-74)62(93)84-51(34-40(3)4)67(98)86-53(36-45-21-14-13-15-22-45)73(104)90-32-20-27-54(90)68(99)89-60(44(11)12)72(103)82-47(24-17-29-75)61(92)83-50;3-2(4,5)1(6)7/h13-15,21-22,39-44,46-60,91H,16-20,23-38,74-77H2,1-12H3,(H,78,101)(H,79,96)(H,80,97)(H,81,102)(H,82,103)(H,83,92)(H,84,93)(H,85,100)(H,86,98)(H,87,94)(H,88,95)(H,89,99);(H,6,7)/t46-,47-,48+,49-,50-,51-,52-,53+,54-,55-,56+,57+,58-,59-,60-;/m0./s1. The molecule has 3 saturated heterocycles. The van der Waals surface area contributed by atoms with Crippen LogP contribution in [0.4, 0.5) is 13.2 Å². The van der Waals surface area contributed by atoms with E-state index in [-0.39, 0.29) is 147 Å². The Kier molecular flexibility index (Phi) is 42.2. The number of fused-ring (bicyclic) bond motifs is 3. The highest BCUT2D eigenvalue weighted by Crippen LogP contribution is 2.24. The summed E-state index contributed by atoms with van der Waals surface area (Å²) >= 11 is 0. The maximum absolute atomic E-state index is 15.1. The van der Waals surface area contributed by atoms with Crippen molar-refractivity contribution in [2.45, 2.75) is 276 Å². The molecule has 13 amide bonds. The Labute approximate surface area is 654 Å². The van der Waals surface area contributed by atoms with E-state index < -0.39 is 198 Å². The Bertz CT molecular complexity index is 3260. The van der Waals surface area contributed by atoms with Crippen LogP contribution in [-0.4, -0.2) is 234 Å². The van der Waals surface area contributed by atoms with Crippen molar-refractivity contribution in [3.63, 3.8) is 0 Å². The van der Waals surface area contributed by atoms with Gasteiger partial charge < -0.3 is 107 Å². The van der Waals surface area contributed by atoms with Crippen LogP contribution < -0.4 is 86.7 Å². The highest BCUT2D eigenvalue weighted by Gasteiger charge is 2.45. The molecule has 634 valence electrons. The van der Waals surface area contributed by atoms with Crippen LogP contribution >= 0.6 is 0 Å². The molecule has 1 aromatic carbocycles. The Balaban J connectivity index is 0.00000441. The Morgan fingerprint density at radius 3 is 1.14 bits per heavy atom. The zero-order chi connectivity index (χ0) is 84.4. The lowest BCUT2D eigenvalue weighted by atomic mass is 9.99. The molecule has 0 aliphatic carbocycles. The SMILES string of the molecule is CC(C)C[C@@H]1NC(=O)[C@H](CCCN)NC(=O)[C@H](C(C)C)NC(=O)[C@@H]2CCCN2C(=O)[C@@H](Cc2ccccc2)NC(=O)[C@H](CC(C)C)NC(=O)[C@H](CCCN)NC(=O)[C@H](C(C)C)NC(=O)[C@H](CCCN)NC(=O)[C@H](CC(C)C)NC(=O)[C@H]2C[C@H](O)[C@@H](CNC(=O)[C@H](C(C)C)NC(=O)[C@@H](CCCN)NC1=O)O2.O=C(O)C(F)(F)F. The minimum absolute atomic E-state index is 0.00293. The molecule has 3 heterocycles. The number of carbonyl (C=O) groups excluding carboxylic acids is 13. The van der Waals surface area contributed by atoms with Crippen LogP contribution in [0.3, 0.4) is 0 Å². The average Bonchev–Trinajstić information content (AvgIpc) is 1.63. The zero-order valence-corrected chi connectivity index (χ0v) is 66.8. The number of hydrogen-bond acceptors (Lipinski definition) is 20. The van der Waals surface area contributed by atoms with E-state index in [2.05, 4.69) is 63.8 Å². The van der Waals surface area contributed by atoms with E-state index in [9.17, 15) is 75.8 Å². The van der Waals surface area contributed by atoms with Gasteiger partial charge in [-0.05, 0) is 151 Å². The van der Waals surface area contributed by atoms with E-state index >= 15 is 4.79 Å². The summed E-state index contributed by atoms with van der Waals surface area (Å²) in [6, 6.07) is -6.40. The van der Waals surface area contributed by atoms with Gasteiger partial charge in [0.25, 0.3) is 0 Å². The van der Waals surface area contributed by atoms with Gasteiger partial charge in [-0.3, -0.25) is 62.3 Å². The quantitative estimate of drug-likeness (QED) is 0.0618. The van der Waals surface area contributed by atoms with Crippen molar-refractivity contribution in [1.82, 2.24) is 68.7 Å². The van der Waals surface area contributed by atoms with Crippen molar-refractivity contribution in [3.05, 3.63) is 35.9 Å². The number of nitrogens with one attached hydrogen (secondary N) is 12. The van der Waals surface area contributed by atoms with Crippen LogP contribution in [-0.2, 0) is 78.3 Å². The molecule has 3 fully saturated rings. The number of carboxylic acid groups (broad SMARTS) is 1. The summed E-state index contributed by atoms with van der Waals surface area (Å²) in [4.78, 5) is 199. The second kappa shape index (κ2) is 48.4. The molecule has 37 heteroatoms. The van der Waals surface area contributed by atoms with Gasteiger partial charge in [0.15, 0.2) is 0 Å². The number of aliphatic hydroxyl groups is 1. The number of nitrogens with two attached hydrogens (primary N) is 4. The van der Waals surface area contributed by atoms with Crippen molar-refractivity contribution >= 4 is 82.8 Å². The van der Waals surface area contributed by atoms with Crippen molar-refractivity contribution < 1.29 is 95.2 Å². The van der Waals surface area contributed by atoms with Crippen LogP contribution in [0.15, 0.2) is 30.3 Å². The molecule has 1 aromatic rings. The van der Waals surface area contributed by atoms with Gasteiger partial charge in [0.2, 0.25) is 76.8 Å². The molecule has 3 aliphatic heterocycles. The van der Waals surface area contributed by atoms with E-state index in [1.165, 1.54) is 4.90 Å². The minimum Gasteiger partial charge on any atom is -0.475 e. The predicted molar refractivity (Wildman–Crippen MR) is 408 cm³/mol. The zero-order valence-electron chi connectivity index (χ0n) is 66.8. The Morgan fingerprint density at radius 1 is 0.464 bits per heavy atom. The number of benzene rings is 1. The van der Waals surface area contributed by atoms with Crippen molar-refractivity contribution in [1.29, 1.82) is 0 Å². The van der Waals surface area contributed by atoms with E-state index in [1.807, 2.05) is 41.5 Å². The summed E-state index contributed by atoms with van der Waals surface area (Å²) in [6.07, 6.45) is -7.37. The van der Waals surface area contributed by atoms with Crippen LogP contribution in [0.1, 0.15) is 179 Å². The number of amides is 13. The van der Waals surface area contributed by atoms with Crippen LogP contribution in [0, 0.1) is 35.5 Å². The molecule has 2 bridgehead atoms. The van der Waals surface area contributed by atoms with Gasteiger partial charge in [0.05, 0.1) is 6.10 Å². The van der Waals surface area contributed by atoms with Gasteiger partial charge in [0, 0.05) is 25.9 Å². The van der Waals surface area contributed by atoms with Crippen molar-refractivity contribution in [3.8, 4) is 0 Å². The second-order valence-electron chi connectivity index (χ2n) is 31.2. The summed E-state index contributed by atoms with van der Waals surface area (Å²) in [5.74, 6) is -14.8. The number of rotatable bonds is 23. The molecule has 4 rings (SSSR count). The molecule has 112 heavy (non-hydrogen) atoms. The van der Waals surface area contributed by atoms with Gasteiger partial charge >= 0.3 is 12.1 Å². The molecule has 0 spiro atoms. The Morgan fingerprint density at radius 2 is 0.786 bits per heavy atom. The summed E-state index contributed by atoms with van der Waals surface area (Å²) in [5.41, 5.74) is 24.4.